The molecule has 0 amide bonds. The number of carboxylic acids is 1. The summed E-state index contributed by atoms with van der Waals surface area (Å²) < 4.78 is 4.99. The second-order valence-electron chi connectivity index (χ2n) is 8.78. The van der Waals surface area contributed by atoms with Gasteiger partial charge >= 0.3 is 11.9 Å². The monoisotopic (exact) mass is 362 g/mol. The van der Waals surface area contributed by atoms with Crippen LogP contribution in [-0.4, -0.2) is 23.7 Å². The number of carboxylic acid groups (broad SMARTS) is 1. The number of ether oxygens (including phenoxy) is 1. The van der Waals surface area contributed by atoms with Crippen LogP contribution in [0.2, 0.25) is 0 Å². The first-order valence-corrected chi connectivity index (χ1v) is 9.81. The molecule has 0 aromatic carbocycles. The summed E-state index contributed by atoms with van der Waals surface area (Å²) in [6.45, 7) is 12.4. The molecule has 2 rings (SSSR count). The number of hydrogen-bond acceptors (Lipinski definition) is 3. The average Bonchev–Trinajstić information content (AvgIpc) is 2.53. The van der Waals surface area contributed by atoms with E-state index in [0.717, 1.165) is 44.9 Å². The van der Waals surface area contributed by atoms with Crippen LogP contribution in [0, 0.1) is 22.7 Å². The zero-order valence-electron chi connectivity index (χ0n) is 16.8. The molecule has 2 saturated carbocycles. The molecule has 0 radical (unpaired) electrons. The van der Waals surface area contributed by atoms with Crippen LogP contribution in [-0.2, 0) is 14.3 Å². The fourth-order valence-electron chi connectivity index (χ4n) is 5.51. The van der Waals surface area contributed by atoms with Crippen molar-refractivity contribution in [3.8, 4) is 0 Å². The van der Waals surface area contributed by atoms with E-state index < -0.39 is 11.4 Å². The number of carbonyl (C=O) groups is 2. The maximum absolute atomic E-state index is 12.0. The predicted octanol–water partition coefficient (Wildman–Crippen LogP) is 5.14. The summed E-state index contributed by atoms with van der Waals surface area (Å²) in [7, 11) is 0. The highest BCUT2D eigenvalue weighted by molar-refractivity contribution is 5.75. The molecule has 4 nitrogen and oxygen atoms in total. The van der Waals surface area contributed by atoms with Crippen molar-refractivity contribution >= 4 is 11.9 Å². The number of carbonyl (C=O) groups excluding carboxylic acids is 1. The number of esters is 1. The predicted molar refractivity (Wildman–Crippen MR) is 103 cm³/mol. The van der Waals surface area contributed by atoms with E-state index in [1.165, 1.54) is 18.1 Å². The molecule has 1 N–H and O–H groups in total. The molecule has 0 aromatic heterocycles. The quantitative estimate of drug-likeness (QED) is 0.525. The second kappa shape index (κ2) is 7.98. The Balaban J connectivity index is 2.13. The largest absolute Gasteiger partial charge is 0.481 e. The van der Waals surface area contributed by atoms with Crippen molar-refractivity contribution in [1.29, 1.82) is 0 Å². The lowest BCUT2D eigenvalue weighted by atomic mass is 9.46. The third kappa shape index (κ3) is 4.05. The molecule has 0 bridgehead atoms. The number of aliphatic carboxylic acids is 1. The molecule has 146 valence electrons. The Morgan fingerprint density at radius 1 is 1.31 bits per heavy atom. The van der Waals surface area contributed by atoms with E-state index in [-0.39, 0.29) is 17.3 Å². The molecule has 2 fully saturated rings. The molecule has 2 aliphatic rings. The number of allylic oxidation sites excluding steroid dienone is 2. The molecule has 26 heavy (non-hydrogen) atoms. The summed E-state index contributed by atoms with van der Waals surface area (Å²) in [6.07, 6.45) is 8.60. The summed E-state index contributed by atoms with van der Waals surface area (Å²) in [5.74, 6) is -0.336. The fraction of sp³-hybridized carbons (Fsp3) is 0.727. The zero-order chi connectivity index (χ0) is 19.5. The van der Waals surface area contributed by atoms with Gasteiger partial charge in [-0.05, 0) is 75.7 Å². The first kappa shape index (κ1) is 20.7. The van der Waals surface area contributed by atoms with Crippen LogP contribution < -0.4 is 0 Å². The second-order valence-corrected chi connectivity index (χ2v) is 8.78. The standard InChI is InChI=1S/C22H34O4/c1-15(11-14-26-17(3)23)7-9-18-16(2)8-10-19-21(18,4)12-6-13-22(19,5)20(24)25/h11,18-19H,2,6-10,12-14H2,1,3-5H3,(H,24,25)/b15-11-/t18-,19?,21+,22-/m0/s1. The number of fused-ring (bicyclic) bond motifs is 1. The SMILES string of the molecule is C=C1CCC2[C@](C)(CCC[C@]2(C)C(=O)O)[C@H]1CC/C(C)=C\COC(C)=O. The van der Waals surface area contributed by atoms with Crippen LogP contribution in [0.15, 0.2) is 23.8 Å². The van der Waals surface area contributed by atoms with Gasteiger partial charge < -0.3 is 9.84 Å². The van der Waals surface area contributed by atoms with E-state index in [1.807, 2.05) is 13.0 Å². The van der Waals surface area contributed by atoms with E-state index in [9.17, 15) is 14.7 Å². The lowest BCUT2D eigenvalue weighted by molar-refractivity contribution is -0.164. The van der Waals surface area contributed by atoms with Crippen molar-refractivity contribution in [2.75, 3.05) is 6.61 Å². The minimum absolute atomic E-state index is 0.0108. The van der Waals surface area contributed by atoms with Crippen molar-refractivity contribution in [2.45, 2.75) is 72.6 Å². The molecule has 0 aliphatic heterocycles. The summed E-state index contributed by atoms with van der Waals surface area (Å²) in [5.41, 5.74) is 1.89. The van der Waals surface area contributed by atoms with Crippen molar-refractivity contribution in [3.63, 3.8) is 0 Å². The highest BCUT2D eigenvalue weighted by Gasteiger charge is 2.57. The third-order valence-electron chi connectivity index (χ3n) is 7.05. The van der Waals surface area contributed by atoms with E-state index >= 15 is 0 Å². The molecular formula is C22H34O4. The van der Waals surface area contributed by atoms with Crippen molar-refractivity contribution < 1.29 is 19.4 Å². The van der Waals surface area contributed by atoms with Crippen LogP contribution in [0.1, 0.15) is 72.6 Å². The van der Waals surface area contributed by atoms with Gasteiger partial charge in [0.2, 0.25) is 0 Å². The number of hydrogen-bond donors (Lipinski definition) is 1. The Morgan fingerprint density at radius 2 is 2.00 bits per heavy atom. The molecular weight excluding hydrogens is 328 g/mol. The minimum Gasteiger partial charge on any atom is -0.481 e. The van der Waals surface area contributed by atoms with Gasteiger partial charge in [-0.2, -0.15) is 0 Å². The molecule has 4 atom stereocenters. The molecule has 0 spiro atoms. The molecule has 0 saturated heterocycles. The van der Waals surface area contributed by atoms with E-state index in [1.54, 1.807) is 0 Å². The van der Waals surface area contributed by atoms with Crippen molar-refractivity contribution in [3.05, 3.63) is 23.8 Å². The van der Waals surface area contributed by atoms with Gasteiger partial charge in [0.25, 0.3) is 0 Å². The molecule has 4 heteroatoms. The Bertz CT molecular complexity index is 605. The van der Waals surface area contributed by atoms with Gasteiger partial charge in [0.15, 0.2) is 0 Å². The number of rotatable bonds is 6. The fourth-order valence-corrected chi connectivity index (χ4v) is 5.51. The van der Waals surface area contributed by atoms with Gasteiger partial charge in [-0.1, -0.05) is 31.1 Å². The molecule has 2 aliphatic carbocycles. The highest BCUT2D eigenvalue weighted by atomic mass is 16.5. The Hall–Kier alpha value is -1.58. The van der Waals surface area contributed by atoms with Crippen molar-refractivity contribution in [2.24, 2.45) is 22.7 Å². The van der Waals surface area contributed by atoms with Gasteiger partial charge in [0.1, 0.15) is 6.61 Å². The Labute approximate surface area is 157 Å². The Morgan fingerprint density at radius 3 is 2.62 bits per heavy atom. The topological polar surface area (TPSA) is 63.6 Å². The van der Waals surface area contributed by atoms with Crippen LogP contribution in [0.4, 0.5) is 0 Å². The van der Waals surface area contributed by atoms with E-state index in [4.69, 9.17) is 4.74 Å². The lowest BCUT2D eigenvalue weighted by Gasteiger charge is -2.57. The summed E-state index contributed by atoms with van der Waals surface area (Å²) in [4.78, 5) is 22.9. The maximum Gasteiger partial charge on any atom is 0.309 e. The first-order chi connectivity index (χ1) is 12.1. The van der Waals surface area contributed by atoms with Gasteiger partial charge in [-0.15, -0.1) is 0 Å². The van der Waals surface area contributed by atoms with Gasteiger partial charge in [0, 0.05) is 6.92 Å². The van der Waals surface area contributed by atoms with Gasteiger partial charge in [-0.3, -0.25) is 9.59 Å². The lowest BCUT2D eigenvalue weighted by Crippen LogP contribution is -2.53. The molecule has 0 aromatic rings. The highest BCUT2D eigenvalue weighted by Crippen LogP contribution is 2.62. The first-order valence-electron chi connectivity index (χ1n) is 9.81. The van der Waals surface area contributed by atoms with Crippen molar-refractivity contribution in [1.82, 2.24) is 0 Å². The van der Waals surface area contributed by atoms with Crippen LogP contribution >= 0.6 is 0 Å². The summed E-state index contributed by atoms with van der Waals surface area (Å²) in [6, 6.07) is 0. The minimum atomic E-state index is -0.642. The molecule has 0 heterocycles. The molecule has 1 unspecified atom stereocenters. The van der Waals surface area contributed by atoms with Gasteiger partial charge in [-0.25, -0.2) is 0 Å². The van der Waals surface area contributed by atoms with Crippen LogP contribution in [0.3, 0.4) is 0 Å². The summed E-state index contributed by atoms with van der Waals surface area (Å²) >= 11 is 0. The van der Waals surface area contributed by atoms with Gasteiger partial charge in [0.05, 0.1) is 5.41 Å². The van der Waals surface area contributed by atoms with E-state index in [2.05, 4.69) is 20.4 Å². The van der Waals surface area contributed by atoms with E-state index in [0.29, 0.717) is 12.5 Å². The zero-order valence-corrected chi connectivity index (χ0v) is 16.8. The average molecular weight is 363 g/mol. The summed E-state index contributed by atoms with van der Waals surface area (Å²) in [5, 5.41) is 9.89. The normalized spacial score (nSPS) is 34.9. The smallest absolute Gasteiger partial charge is 0.309 e. The third-order valence-corrected chi connectivity index (χ3v) is 7.05. The maximum atomic E-state index is 12.0. The van der Waals surface area contributed by atoms with Crippen LogP contribution in [0.5, 0.6) is 0 Å². The van der Waals surface area contributed by atoms with Crippen LogP contribution in [0.25, 0.3) is 0 Å². The Kier molecular flexibility index (Phi) is 6.36.